The van der Waals surface area contributed by atoms with Crippen molar-refractivity contribution < 1.29 is 0 Å². The molecule has 4 rings (SSSR count). The minimum atomic E-state index is 0.584. The van der Waals surface area contributed by atoms with Crippen LogP contribution in [0.2, 0.25) is 0 Å². The van der Waals surface area contributed by atoms with Crippen LogP contribution < -0.4 is 0 Å². The second-order valence-corrected chi connectivity index (χ2v) is 6.08. The van der Waals surface area contributed by atoms with Gasteiger partial charge in [-0.25, -0.2) is 9.36 Å². The number of allylic oxidation sites excluding steroid dienone is 1. The normalized spacial score (nSPS) is 10.8. The second kappa shape index (κ2) is 7.14. The highest BCUT2D eigenvalue weighted by atomic mass is 15.4. The molecule has 0 amide bonds. The molecule has 26 heavy (non-hydrogen) atoms. The molecule has 0 N–H and O–H groups in total. The quantitative estimate of drug-likeness (QED) is 0.504. The zero-order valence-electron chi connectivity index (χ0n) is 14.2. The number of aromatic nitrogens is 6. The average molecular weight is 342 g/mol. The van der Waals surface area contributed by atoms with Crippen LogP contribution in [0.25, 0.3) is 22.5 Å². The molecule has 0 atom stereocenters. The van der Waals surface area contributed by atoms with Crippen LogP contribution in [0.15, 0.2) is 85.2 Å². The third-order valence-electron chi connectivity index (χ3n) is 3.99. The van der Waals surface area contributed by atoms with E-state index in [-0.39, 0.29) is 0 Å². The Hall–Kier alpha value is -3.54. The summed E-state index contributed by atoms with van der Waals surface area (Å²) in [5.41, 5.74) is 4.77. The summed E-state index contributed by atoms with van der Waals surface area (Å²) in [7, 11) is 0. The van der Waals surface area contributed by atoms with Crippen molar-refractivity contribution in [1.29, 1.82) is 0 Å². The van der Waals surface area contributed by atoms with Gasteiger partial charge >= 0.3 is 0 Å². The molecule has 6 nitrogen and oxygen atoms in total. The first-order valence-corrected chi connectivity index (χ1v) is 8.36. The lowest BCUT2D eigenvalue weighted by atomic mass is 10.2. The van der Waals surface area contributed by atoms with Crippen molar-refractivity contribution in [2.24, 2.45) is 0 Å². The van der Waals surface area contributed by atoms with Gasteiger partial charge in [-0.2, -0.15) is 0 Å². The summed E-state index contributed by atoms with van der Waals surface area (Å²) in [4.78, 5) is 0. The molecule has 0 aliphatic carbocycles. The molecule has 6 heteroatoms. The molecule has 0 radical (unpaired) electrons. The van der Waals surface area contributed by atoms with E-state index in [2.05, 4.69) is 27.2 Å². The molecule has 0 spiro atoms. The fourth-order valence-electron chi connectivity index (χ4n) is 2.74. The zero-order chi connectivity index (χ0) is 17.8. The number of benzene rings is 2. The predicted octanol–water partition coefficient (Wildman–Crippen LogP) is 3.46. The van der Waals surface area contributed by atoms with Gasteiger partial charge in [-0.15, -0.1) is 10.2 Å². The molecule has 2 heterocycles. The fourth-order valence-corrected chi connectivity index (χ4v) is 2.74. The van der Waals surface area contributed by atoms with Gasteiger partial charge in [-0.05, 0) is 5.57 Å². The van der Waals surface area contributed by atoms with Crippen LogP contribution in [0.1, 0.15) is 0 Å². The third-order valence-corrected chi connectivity index (χ3v) is 3.99. The maximum Gasteiger partial charge on any atom is 0.113 e. The summed E-state index contributed by atoms with van der Waals surface area (Å²) in [6.45, 7) is 5.30. The summed E-state index contributed by atoms with van der Waals surface area (Å²) in [5.74, 6) is 0. The van der Waals surface area contributed by atoms with Crippen LogP contribution in [0, 0.1) is 0 Å². The molecule has 0 aliphatic heterocycles. The predicted molar refractivity (Wildman–Crippen MR) is 100 cm³/mol. The Bertz CT molecular complexity index is 919. The summed E-state index contributed by atoms with van der Waals surface area (Å²) in [6, 6.07) is 20.0. The first-order valence-electron chi connectivity index (χ1n) is 8.36. The molecule has 4 aromatic rings. The van der Waals surface area contributed by atoms with Crippen LogP contribution in [0.4, 0.5) is 0 Å². The largest absolute Gasteiger partial charge is 0.248 e. The van der Waals surface area contributed by atoms with E-state index >= 15 is 0 Å². The summed E-state index contributed by atoms with van der Waals surface area (Å²) >= 11 is 0. The Morgan fingerprint density at radius 2 is 1.12 bits per heavy atom. The van der Waals surface area contributed by atoms with Crippen LogP contribution in [-0.2, 0) is 13.1 Å². The molecule has 0 saturated carbocycles. The molecule has 2 aromatic carbocycles. The number of nitrogens with zero attached hydrogens (tertiary/aromatic N) is 6. The molecule has 0 aliphatic rings. The Morgan fingerprint density at radius 1 is 0.692 bits per heavy atom. The Morgan fingerprint density at radius 3 is 1.54 bits per heavy atom. The van der Waals surface area contributed by atoms with Gasteiger partial charge < -0.3 is 0 Å². The zero-order valence-corrected chi connectivity index (χ0v) is 14.2. The summed E-state index contributed by atoms with van der Waals surface area (Å²) < 4.78 is 3.58. The minimum absolute atomic E-state index is 0.584. The van der Waals surface area contributed by atoms with Crippen LogP contribution in [0.3, 0.4) is 0 Å². The van der Waals surface area contributed by atoms with Crippen LogP contribution in [0.5, 0.6) is 0 Å². The second-order valence-electron chi connectivity index (χ2n) is 6.08. The maximum atomic E-state index is 4.23. The highest BCUT2D eigenvalue weighted by molar-refractivity contribution is 5.57. The SMILES string of the molecule is C=C(Cn1cc(-c2ccccc2)nn1)Cn1cc(-c2ccccc2)nn1. The first kappa shape index (κ1) is 16.0. The molecular formula is C20H18N6. The van der Waals surface area contributed by atoms with Crippen LogP contribution >= 0.6 is 0 Å². The monoisotopic (exact) mass is 342 g/mol. The third kappa shape index (κ3) is 3.59. The van der Waals surface area contributed by atoms with Crippen LogP contribution in [-0.4, -0.2) is 30.0 Å². The standard InChI is InChI=1S/C20H18N6/c1-16(12-25-14-19(21-23-25)17-8-4-2-5-9-17)13-26-15-20(22-24-26)18-10-6-3-7-11-18/h2-11,14-15H,1,12-13H2. The van der Waals surface area contributed by atoms with Crippen molar-refractivity contribution in [1.82, 2.24) is 30.0 Å². The smallest absolute Gasteiger partial charge is 0.113 e. The Balaban J connectivity index is 1.40. The lowest BCUT2D eigenvalue weighted by Gasteiger charge is -2.04. The lowest BCUT2D eigenvalue weighted by molar-refractivity contribution is 0.575. The molecule has 0 unspecified atom stereocenters. The van der Waals surface area contributed by atoms with E-state index in [1.54, 1.807) is 9.36 Å². The van der Waals surface area contributed by atoms with Gasteiger partial charge in [-0.1, -0.05) is 77.7 Å². The average Bonchev–Trinajstić information content (AvgIpc) is 3.33. The molecule has 0 bridgehead atoms. The van der Waals surface area contributed by atoms with E-state index in [0.29, 0.717) is 13.1 Å². The Kier molecular flexibility index (Phi) is 4.38. The molecule has 2 aromatic heterocycles. The van der Waals surface area contributed by atoms with Gasteiger partial charge in [0.15, 0.2) is 0 Å². The van der Waals surface area contributed by atoms with Crippen molar-refractivity contribution in [3.05, 3.63) is 85.2 Å². The number of hydrogen-bond acceptors (Lipinski definition) is 4. The topological polar surface area (TPSA) is 61.4 Å². The van der Waals surface area contributed by atoms with Gasteiger partial charge in [-0.3, -0.25) is 0 Å². The highest BCUT2D eigenvalue weighted by Crippen LogP contribution is 2.17. The summed E-state index contributed by atoms with van der Waals surface area (Å²) in [6.07, 6.45) is 3.86. The number of hydrogen-bond donors (Lipinski definition) is 0. The minimum Gasteiger partial charge on any atom is -0.248 e. The molecular weight excluding hydrogens is 324 g/mol. The van der Waals surface area contributed by atoms with Crippen molar-refractivity contribution in [2.75, 3.05) is 0 Å². The van der Waals surface area contributed by atoms with Crippen molar-refractivity contribution in [3.63, 3.8) is 0 Å². The van der Waals surface area contributed by atoms with Gasteiger partial charge in [0.25, 0.3) is 0 Å². The van der Waals surface area contributed by atoms with E-state index in [1.807, 2.05) is 73.1 Å². The van der Waals surface area contributed by atoms with Gasteiger partial charge in [0.1, 0.15) is 11.4 Å². The van der Waals surface area contributed by atoms with Crippen molar-refractivity contribution >= 4 is 0 Å². The van der Waals surface area contributed by atoms with E-state index in [4.69, 9.17) is 0 Å². The maximum absolute atomic E-state index is 4.23. The summed E-state index contributed by atoms with van der Waals surface area (Å²) in [5, 5.41) is 16.8. The Labute approximate surface area is 151 Å². The van der Waals surface area contributed by atoms with Gasteiger partial charge in [0, 0.05) is 11.1 Å². The van der Waals surface area contributed by atoms with E-state index in [9.17, 15) is 0 Å². The molecule has 128 valence electrons. The molecule has 0 saturated heterocycles. The van der Waals surface area contributed by atoms with E-state index in [0.717, 1.165) is 28.1 Å². The van der Waals surface area contributed by atoms with Crippen molar-refractivity contribution in [3.8, 4) is 22.5 Å². The number of rotatable bonds is 6. The lowest BCUT2D eigenvalue weighted by Crippen LogP contribution is -2.08. The van der Waals surface area contributed by atoms with Gasteiger partial charge in [0.2, 0.25) is 0 Å². The molecule has 0 fully saturated rings. The van der Waals surface area contributed by atoms with Crippen molar-refractivity contribution in [2.45, 2.75) is 13.1 Å². The van der Waals surface area contributed by atoms with E-state index < -0.39 is 0 Å². The van der Waals surface area contributed by atoms with Gasteiger partial charge in [0.05, 0.1) is 25.5 Å². The fraction of sp³-hybridized carbons (Fsp3) is 0.100. The van der Waals surface area contributed by atoms with E-state index in [1.165, 1.54) is 0 Å². The first-order chi connectivity index (χ1) is 12.8. The highest BCUT2D eigenvalue weighted by Gasteiger charge is 2.07.